The van der Waals surface area contributed by atoms with Crippen LogP contribution in [0.4, 0.5) is 5.95 Å². The number of methoxy groups -OCH3 is 1. The Bertz CT molecular complexity index is 1590. The van der Waals surface area contributed by atoms with E-state index >= 15 is 0 Å². The van der Waals surface area contributed by atoms with Gasteiger partial charge < -0.3 is 9.64 Å². The van der Waals surface area contributed by atoms with Crippen molar-refractivity contribution >= 4 is 33.5 Å². The maximum atomic E-state index is 13.3. The summed E-state index contributed by atoms with van der Waals surface area (Å²) in [6.07, 6.45) is 4.79. The van der Waals surface area contributed by atoms with Crippen molar-refractivity contribution in [3.63, 3.8) is 0 Å². The summed E-state index contributed by atoms with van der Waals surface area (Å²) in [6, 6.07) is 23.5. The topological polar surface area (TPSA) is 101 Å². The van der Waals surface area contributed by atoms with E-state index in [0.717, 1.165) is 37.9 Å². The van der Waals surface area contributed by atoms with E-state index in [9.17, 15) is 13.2 Å². The number of halogens is 1. The van der Waals surface area contributed by atoms with Crippen LogP contribution in [0.2, 0.25) is 5.02 Å². The third kappa shape index (κ3) is 7.23. The zero-order valence-corrected chi connectivity index (χ0v) is 24.2. The van der Waals surface area contributed by atoms with E-state index in [1.165, 1.54) is 36.0 Å². The highest BCUT2D eigenvalue weighted by molar-refractivity contribution is 7.90. The van der Waals surface area contributed by atoms with E-state index < -0.39 is 15.9 Å². The molecule has 1 fully saturated rings. The molecule has 41 heavy (non-hydrogen) atoms. The molecule has 1 aromatic heterocycles. The zero-order valence-electron chi connectivity index (χ0n) is 22.7. The predicted octanol–water partition coefficient (Wildman–Crippen LogP) is 5.31. The number of carbonyl (C=O) groups excluding carboxylic acids is 1. The van der Waals surface area contributed by atoms with Crippen molar-refractivity contribution in [3.05, 3.63) is 112 Å². The molecule has 0 bridgehead atoms. The zero-order chi connectivity index (χ0) is 28.8. The van der Waals surface area contributed by atoms with Crippen LogP contribution in [0.15, 0.2) is 90.0 Å². The van der Waals surface area contributed by atoms with Gasteiger partial charge >= 0.3 is 0 Å². The van der Waals surface area contributed by atoms with E-state index in [-0.39, 0.29) is 10.5 Å². The fraction of sp³-hybridized carbons (Fsp3) is 0.258. The van der Waals surface area contributed by atoms with Crippen molar-refractivity contribution in [1.82, 2.24) is 14.7 Å². The monoisotopic (exact) mass is 590 g/mol. The molecule has 212 valence electrons. The Labute approximate surface area is 245 Å². The largest absolute Gasteiger partial charge is 0.497 e. The maximum Gasteiger partial charge on any atom is 0.268 e. The average Bonchev–Trinajstić information content (AvgIpc) is 2.98. The van der Waals surface area contributed by atoms with Crippen LogP contribution in [0.1, 0.15) is 40.0 Å². The number of aromatic nitrogens is 2. The molecular weight excluding hydrogens is 560 g/mol. The second-order valence-electron chi connectivity index (χ2n) is 10.1. The van der Waals surface area contributed by atoms with Crippen LogP contribution >= 0.6 is 11.6 Å². The number of sulfonamides is 1. The number of hydrogen-bond donors (Lipinski definition) is 1. The number of nitrogens with one attached hydrogen (secondary N) is 1. The molecule has 4 aromatic rings. The molecule has 0 aliphatic carbocycles. The van der Waals surface area contributed by atoms with Gasteiger partial charge in [-0.3, -0.25) is 4.79 Å². The number of nitrogens with zero attached hydrogens (tertiary/aromatic N) is 3. The number of hydrogen-bond acceptors (Lipinski definition) is 7. The Morgan fingerprint density at radius 1 is 0.976 bits per heavy atom. The molecule has 1 saturated heterocycles. The first-order valence-electron chi connectivity index (χ1n) is 13.4. The summed E-state index contributed by atoms with van der Waals surface area (Å²) in [7, 11) is -2.53. The van der Waals surface area contributed by atoms with Crippen LogP contribution < -0.4 is 14.4 Å². The lowest BCUT2D eigenvalue weighted by Crippen LogP contribution is -2.36. The first-order valence-corrected chi connectivity index (χ1v) is 15.3. The molecule has 2 heterocycles. The Morgan fingerprint density at radius 2 is 1.66 bits per heavy atom. The quantitative estimate of drug-likeness (QED) is 0.282. The highest BCUT2D eigenvalue weighted by Gasteiger charge is 2.25. The summed E-state index contributed by atoms with van der Waals surface area (Å²) >= 11 is 5.89. The predicted molar refractivity (Wildman–Crippen MR) is 159 cm³/mol. The number of amides is 1. The first-order chi connectivity index (χ1) is 19.8. The Morgan fingerprint density at radius 3 is 2.32 bits per heavy atom. The smallest absolute Gasteiger partial charge is 0.268 e. The normalized spacial score (nSPS) is 14.0. The van der Waals surface area contributed by atoms with Gasteiger partial charge in [0.1, 0.15) is 5.75 Å². The van der Waals surface area contributed by atoms with Crippen LogP contribution in [-0.4, -0.2) is 44.5 Å². The number of rotatable bonds is 9. The highest BCUT2D eigenvalue weighted by Crippen LogP contribution is 2.26. The molecule has 10 heteroatoms. The minimum absolute atomic E-state index is 0.0668. The van der Waals surface area contributed by atoms with Crippen molar-refractivity contribution in [2.24, 2.45) is 5.92 Å². The molecule has 0 saturated carbocycles. The highest BCUT2D eigenvalue weighted by atomic mass is 35.5. The lowest BCUT2D eigenvalue weighted by molar-refractivity contribution is 0.0980. The number of benzene rings is 3. The van der Waals surface area contributed by atoms with Gasteiger partial charge in [0.15, 0.2) is 0 Å². The van der Waals surface area contributed by atoms with Crippen LogP contribution in [0, 0.1) is 5.92 Å². The molecule has 0 spiro atoms. The fourth-order valence-electron chi connectivity index (χ4n) is 4.95. The van der Waals surface area contributed by atoms with Gasteiger partial charge in [-0.05, 0) is 72.7 Å². The lowest BCUT2D eigenvalue weighted by atomic mass is 9.90. The van der Waals surface area contributed by atoms with E-state index in [1.54, 1.807) is 7.11 Å². The van der Waals surface area contributed by atoms with Crippen molar-refractivity contribution in [2.75, 3.05) is 25.1 Å². The number of carbonyl (C=O) groups is 1. The van der Waals surface area contributed by atoms with Gasteiger partial charge in [-0.15, -0.1) is 0 Å². The molecule has 8 nitrogen and oxygen atoms in total. The summed E-state index contributed by atoms with van der Waals surface area (Å²) in [5, 5.41) is 0.394. The molecule has 0 unspecified atom stereocenters. The molecule has 0 atom stereocenters. The van der Waals surface area contributed by atoms with Crippen molar-refractivity contribution in [3.8, 4) is 5.75 Å². The van der Waals surface area contributed by atoms with Crippen LogP contribution in [0.25, 0.3) is 0 Å². The van der Waals surface area contributed by atoms with E-state index in [4.69, 9.17) is 21.3 Å². The van der Waals surface area contributed by atoms with Gasteiger partial charge in [-0.1, -0.05) is 54.1 Å². The van der Waals surface area contributed by atoms with Crippen molar-refractivity contribution < 1.29 is 17.9 Å². The molecule has 1 N–H and O–H groups in total. The van der Waals surface area contributed by atoms with Gasteiger partial charge in [-0.25, -0.2) is 23.1 Å². The summed E-state index contributed by atoms with van der Waals surface area (Å²) in [6.45, 7) is 1.60. The van der Waals surface area contributed by atoms with E-state index in [0.29, 0.717) is 34.8 Å². The van der Waals surface area contributed by atoms with E-state index in [1.807, 2.05) is 30.3 Å². The summed E-state index contributed by atoms with van der Waals surface area (Å²) < 4.78 is 33.2. The second kappa shape index (κ2) is 12.7. The van der Waals surface area contributed by atoms with Gasteiger partial charge in [0.2, 0.25) is 5.95 Å². The van der Waals surface area contributed by atoms with Gasteiger partial charge in [0.05, 0.1) is 23.3 Å². The second-order valence-corrected chi connectivity index (χ2v) is 12.2. The first kappa shape index (κ1) is 28.6. The van der Waals surface area contributed by atoms with Gasteiger partial charge in [0.25, 0.3) is 15.9 Å². The van der Waals surface area contributed by atoms with Crippen LogP contribution in [0.3, 0.4) is 0 Å². The number of anilines is 1. The van der Waals surface area contributed by atoms with Crippen molar-refractivity contribution in [1.29, 1.82) is 0 Å². The SMILES string of the molecule is COc1ccc(Cc2nc(N3CCC(Cc4ccccc4)CC3)ncc2C(=O)NS(=O)(=O)c2ccc(Cl)cc2)cc1. The standard InChI is InChI=1S/C31H31ClN4O4S/c1-40-26-11-7-23(8-12-26)20-29-28(30(37)35-41(38,39)27-13-9-25(32)10-14-27)21-33-31(34-29)36-17-15-24(16-18-36)19-22-5-3-2-4-6-22/h2-14,21,24H,15-20H2,1H3,(H,35,37). The number of piperidine rings is 1. The Kier molecular flexibility index (Phi) is 8.85. The third-order valence-corrected chi connectivity index (χ3v) is 8.84. The minimum Gasteiger partial charge on any atom is -0.497 e. The molecule has 5 rings (SSSR count). The molecular formula is C31H31ClN4O4S. The molecule has 1 aliphatic rings. The van der Waals surface area contributed by atoms with Crippen LogP contribution in [-0.2, 0) is 22.9 Å². The molecule has 1 aliphatic heterocycles. The number of ether oxygens (including phenoxy) is 1. The van der Waals surface area contributed by atoms with Gasteiger partial charge in [0, 0.05) is 30.7 Å². The lowest BCUT2D eigenvalue weighted by Gasteiger charge is -2.32. The minimum atomic E-state index is -4.13. The fourth-order valence-corrected chi connectivity index (χ4v) is 6.05. The molecule has 3 aromatic carbocycles. The van der Waals surface area contributed by atoms with Crippen molar-refractivity contribution in [2.45, 2.75) is 30.6 Å². The average molecular weight is 591 g/mol. The Hall–Kier alpha value is -3.95. The summed E-state index contributed by atoms with van der Waals surface area (Å²) in [5.41, 5.74) is 2.77. The summed E-state index contributed by atoms with van der Waals surface area (Å²) in [5.74, 6) is 1.03. The van der Waals surface area contributed by atoms with Crippen LogP contribution in [0.5, 0.6) is 5.75 Å². The maximum absolute atomic E-state index is 13.3. The third-order valence-electron chi connectivity index (χ3n) is 7.25. The van der Waals surface area contributed by atoms with Gasteiger partial charge in [-0.2, -0.15) is 0 Å². The molecule has 1 amide bonds. The Balaban J connectivity index is 1.37. The van der Waals surface area contributed by atoms with E-state index in [2.05, 4.69) is 38.9 Å². The summed E-state index contributed by atoms with van der Waals surface area (Å²) in [4.78, 5) is 24.6. The molecule has 0 radical (unpaired) electrons.